The van der Waals surface area contributed by atoms with Crippen molar-refractivity contribution in [3.8, 4) is 5.69 Å². The lowest BCUT2D eigenvalue weighted by molar-refractivity contribution is 0.0696. The van der Waals surface area contributed by atoms with E-state index in [1.165, 1.54) is 0 Å². The zero-order valence-electron chi connectivity index (χ0n) is 12.2. The van der Waals surface area contributed by atoms with Crippen LogP contribution in [0.3, 0.4) is 0 Å². The van der Waals surface area contributed by atoms with Gasteiger partial charge in [-0.3, -0.25) is 0 Å². The maximum Gasteiger partial charge on any atom is 0.337 e. The Balaban J connectivity index is 2.07. The third kappa shape index (κ3) is 2.72. The van der Waals surface area contributed by atoms with E-state index in [1.54, 1.807) is 36.1 Å². The van der Waals surface area contributed by atoms with Gasteiger partial charge in [-0.05, 0) is 18.6 Å². The topological polar surface area (TPSA) is 86.5 Å². The number of aromatic carboxylic acids is 1. The van der Waals surface area contributed by atoms with Crippen molar-refractivity contribution >= 4 is 5.97 Å². The Hall–Kier alpha value is -2.25. The number of hydrogen-bond acceptors (Lipinski definition) is 5. The zero-order valence-corrected chi connectivity index (χ0v) is 12.2. The molecule has 0 aliphatic carbocycles. The van der Waals surface area contributed by atoms with Crippen LogP contribution in [0.1, 0.15) is 34.3 Å². The Bertz CT molecular complexity index is 677. The van der Waals surface area contributed by atoms with E-state index >= 15 is 0 Å². The summed E-state index contributed by atoms with van der Waals surface area (Å²) < 4.78 is 12.1. The quantitative estimate of drug-likeness (QED) is 0.903. The van der Waals surface area contributed by atoms with Gasteiger partial charge in [0.25, 0.3) is 0 Å². The molecule has 1 unspecified atom stereocenters. The molecule has 0 bridgehead atoms. The minimum Gasteiger partial charge on any atom is -0.478 e. The van der Waals surface area contributed by atoms with Crippen LogP contribution in [0, 0.1) is 0 Å². The van der Waals surface area contributed by atoms with Crippen molar-refractivity contribution in [3.63, 3.8) is 0 Å². The monoisotopic (exact) mass is 303 g/mol. The molecule has 1 aromatic heterocycles. The molecule has 1 atom stereocenters. The molecule has 7 nitrogen and oxygen atoms in total. The summed E-state index contributed by atoms with van der Waals surface area (Å²) in [6.07, 6.45) is 0.872. The van der Waals surface area contributed by atoms with Gasteiger partial charge in [0.2, 0.25) is 0 Å². The number of methoxy groups -OCH3 is 1. The van der Waals surface area contributed by atoms with E-state index in [0.717, 1.165) is 6.42 Å². The van der Waals surface area contributed by atoms with Gasteiger partial charge in [0, 0.05) is 19.6 Å². The predicted octanol–water partition coefficient (Wildman–Crippen LogP) is 1.62. The summed E-state index contributed by atoms with van der Waals surface area (Å²) in [5.74, 6) is 0.400. The van der Waals surface area contributed by atoms with Crippen LogP contribution in [0.25, 0.3) is 5.69 Å². The number of ether oxygens (including phenoxy) is 2. The number of nitrogens with zero attached hydrogens (tertiary/aromatic N) is 3. The van der Waals surface area contributed by atoms with E-state index in [4.69, 9.17) is 9.47 Å². The molecule has 1 saturated heterocycles. The summed E-state index contributed by atoms with van der Waals surface area (Å²) in [4.78, 5) is 15.9. The first kappa shape index (κ1) is 14.7. The molecule has 1 aliphatic rings. The molecule has 2 aromatic rings. The van der Waals surface area contributed by atoms with E-state index in [2.05, 4.69) is 10.1 Å². The second-order valence-corrected chi connectivity index (χ2v) is 5.11. The van der Waals surface area contributed by atoms with Crippen molar-refractivity contribution in [1.82, 2.24) is 14.8 Å². The van der Waals surface area contributed by atoms with E-state index < -0.39 is 5.97 Å². The number of hydrogen-bond donors (Lipinski definition) is 1. The SMILES string of the molecule is COCc1nc(C2CCOC2)nn1-c1ccccc1C(=O)O. The summed E-state index contributed by atoms with van der Waals surface area (Å²) in [6, 6.07) is 6.73. The summed E-state index contributed by atoms with van der Waals surface area (Å²) in [5, 5.41) is 13.9. The van der Waals surface area contributed by atoms with Crippen LogP contribution in [0.5, 0.6) is 0 Å². The average Bonchev–Trinajstić information content (AvgIpc) is 3.16. The highest BCUT2D eigenvalue weighted by Gasteiger charge is 2.25. The van der Waals surface area contributed by atoms with E-state index in [0.29, 0.717) is 30.5 Å². The molecule has 1 fully saturated rings. The second-order valence-electron chi connectivity index (χ2n) is 5.11. The van der Waals surface area contributed by atoms with Crippen molar-refractivity contribution in [2.45, 2.75) is 18.9 Å². The normalized spacial score (nSPS) is 17.8. The number of aromatic nitrogens is 3. The summed E-state index contributed by atoms with van der Waals surface area (Å²) in [7, 11) is 1.57. The highest BCUT2D eigenvalue weighted by atomic mass is 16.5. The summed E-state index contributed by atoms with van der Waals surface area (Å²) in [5.41, 5.74) is 0.665. The minimum atomic E-state index is -1.000. The maximum atomic E-state index is 11.4. The van der Waals surface area contributed by atoms with Gasteiger partial charge in [-0.15, -0.1) is 0 Å². The number of carbonyl (C=O) groups is 1. The molecule has 0 spiro atoms. The number of carboxylic acids is 1. The fourth-order valence-electron chi connectivity index (χ4n) is 2.53. The van der Waals surface area contributed by atoms with Crippen LogP contribution in [0.2, 0.25) is 0 Å². The molecule has 0 amide bonds. The summed E-state index contributed by atoms with van der Waals surface area (Å²) >= 11 is 0. The Morgan fingerprint density at radius 2 is 2.32 bits per heavy atom. The van der Waals surface area contributed by atoms with Gasteiger partial charge in [0.15, 0.2) is 11.6 Å². The maximum absolute atomic E-state index is 11.4. The first-order valence-corrected chi connectivity index (χ1v) is 7.06. The first-order valence-electron chi connectivity index (χ1n) is 7.06. The molecule has 0 saturated carbocycles. The van der Waals surface area contributed by atoms with Crippen molar-refractivity contribution in [3.05, 3.63) is 41.5 Å². The molecule has 1 aliphatic heterocycles. The van der Waals surface area contributed by atoms with E-state index in [9.17, 15) is 9.90 Å². The molecule has 7 heteroatoms. The molecule has 1 aromatic carbocycles. The molecule has 22 heavy (non-hydrogen) atoms. The minimum absolute atomic E-state index is 0.147. The number of rotatable bonds is 5. The molecule has 116 valence electrons. The van der Waals surface area contributed by atoms with E-state index in [1.807, 2.05) is 0 Å². The Morgan fingerprint density at radius 3 is 3.00 bits per heavy atom. The van der Waals surface area contributed by atoms with Crippen molar-refractivity contribution in [2.75, 3.05) is 20.3 Å². The van der Waals surface area contributed by atoms with Crippen LogP contribution in [-0.4, -0.2) is 46.2 Å². The van der Waals surface area contributed by atoms with Crippen LogP contribution in [-0.2, 0) is 16.1 Å². The Labute approximate surface area is 127 Å². The zero-order chi connectivity index (χ0) is 15.5. The number of benzene rings is 1. The second kappa shape index (κ2) is 6.25. The smallest absolute Gasteiger partial charge is 0.337 e. The highest BCUT2D eigenvalue weighted by molar-refractivity contribution is 5.91. The Morgan fingerprint density at radius 1 is 1.50 bits per heavy atom. The molecule has 3 rings (SSSR count). The molecule has 1 N–H and O–H groups in total. The van der Waals surface area contributed by atoms with Gasteiger partial charge < -0.3 is 14.6 Å². The van der Waals surface area contributed by atoms with Crippen molar-refractivity contribution in [1.29, 1.82) is 0 Å². The van der Waals surface area contributed by atoms with Gasteiger partial charge in [0.05, 0.1) is 17.9 Å². The summed E-state index contributed by atoms with van der Waals surface area (Å²) in [6.45, 7) is 1.55. The largest absolute Gasteiger partial charge is 0.478 e. The molecule has 0 radical (unpaired) electrons. The fraction of sp³-hybridized carbons (Fsp3) is 0.400. The third-order valence-corrected chi connectivity index (χ3v) is 3.62. The number of carboxylic acid groups (broad SMARTS) is 1. The van der Waals surface area contributed by atoms with Gasteiger partial charge in [-0.1, -0.05) is 12.1 Å². The molecular formula is C15H17N3O4. The van der Waals surface area contributed by atoms with Crippen molar-refractivity contribution in [2.24, 2.45) is 0 Å². The van der Waals surface area contributed by atoms with E-state index in [-0.39, 0.29) is 18.1 Å². The fourth-order valence-corrected chi connectivity index (χ4v) is 2.53. The lowest BCUT2D eigenvalue weighted by atomic mass is 10.1. The van der Waals surface area contributed by atoms with Gasteiger partial charge in [-0.2, -0.15) is 5.10 Å². The Kier molecular flexibility index (Phi) is 4.17. The standard InChI is InChI=1S/C15H17N3O4/c1-21-9-13-16-14(10-6-7-22-8-10)17-18(13)12-5-3-2-4-11(12)15(19)20/h2-5,10H,6-9H2,1H3,(H,19,20). The average molecular weight is 303 g/mol. The lowest BCUT2D eigenvalue weighted by Crippen LogP contribution is -2.10. The number of para-hydroxylation sites is 1. The van der Waals surface area contributed by atoms with Crippen LogP contribution >= 0.6 is 0 Å². The highest BCUT2D eigenvalue weighted by Crippen LogP contribution is 2.24. The van der Waals surface area contributed by atoms with Gasteiger partial charge in [0.1, 0.15) is 6.61 Å². The van der Waals surface area contributed by atoms with Crippen molar-refractivity contribution < 1.29 is 19.4 Å². The van der Waals surface area contributed by atoms with Crippen LogP contribution < -0.4 is 0 Å². The van der Waals surface area contributed by atoms with Gasteiger partial charge >= 0.3 is 5.97 Å². The van der Waals surface area contributed by atoms with Crippen LogP contribution in [0.4, 0.5) is 0 Å². The lowest BCUT2D eigenvalue weighted by Gasteiger charge is -2.08. The third-order valence-electron chi connectivity index (χ3n) is 3.62. The van der Waals surface area contributed by atoms with Gasteiger partial charge in [-0.25, -0.2) is 14.5 Å². The predicted molar refractivity (Wildman–Crippen MR) is 77.2 cm³/mol. The molecule has 2 heterocycles. The first-order chi connectivity index (χ1) is 10.7. The van der Waals surface area contributed by atoms with Crippen LogP contribution in [0.15, 0.2) is 24.3 Å². The molecular weight excluding hydrogens is 286 g/mol.